The van der Waals surface area contributed by atoms with Gasteiger partial charge in [-0.25, -0.2) is 9.97 Å². The average molecular weight is 277 g/mol. The quantitative estimate of drug-likeness (QED) is 0.792. The van der Waals surface area contributed by atoms with Gasteiger partial charge in [-0.3, -0.25) is 4.79 Å². The summed E-state index contributed by atoms with van der Waals surface area (Å²) in [5.74, 6) is 0.212. The van der Waals surface area contributed by atoms with Gasteiger partial charge in [-0.1, -0.05) is 28.1 Å². The van der Waals surface area contributed by atoms with Crippen LogP contribution >= 0.6 is 15.9 Å². The minimum atomic E-state index is 0.212. The second kappa shape index (κ2) is 4.53. The van der Waals surface area contributed by atoms with Crippen molar-refractivity contribution in [1.82, 2.24) is 9.97 Å². The molecule has 2 aromatic rings. The topological polar surface area (TPSA) is 42.9 Å². The number of benzene rings is 1. The number of aryl methyl sites for hydroxylation is 1. The van der Waals surface area contributed by atoms with Gasteiger partial charge in [0.1, 0.15) is 0 Å². The number of rotatable bonds is 2. The molecule has 0 amide bonds. The smallest absolute Gasteiger partial charge is 0.193 e. The van der Waals surface area contributed by atoms with Gasteiger partial charge in [-0.15, -0.1) is 0 Å². The first kappa shape index (κ1) is 11.0. The highest BCUT2D eigenvalue weighted by Crippen LogP contribution is 2.22. The predicted octanol–water partition coefficient (Wildman–Crippen LogP) is 3.03. The molecule has 3 nitrogen and oxygen atoms in total. The molecule has 1 heterocycles. The van der Waals surface area contributed by atoms with Crippen molar-refractivity contribution in [2.75, 3.05) is 0 Å². The van der Waals surface area contributed by atoms with E-state index in [1.807, 2.05) is 31.2 Å². The van der Waals surface area contributed by atoms with Crippen LogP contribution < -0.4 is 0 Å². The molecule has 0 fully saturated rings. The van der Waals surface area contributed by atoms with E-state index >= 15 is 0 Å². The van der Waals surface area contributed by atoms with E-state index in [1.165, 1.54) is 0 Å². The largest absolute Gasteiger partial charge is 0.294 e. The highest BCUT2D eigenvalue weighted by Gasteiger charge is 2.05. The van der Waals surface area contributed by atoms with Crippen molar-refractivity contribution in [3.63, 3.8) is 0 Å². The Morgan fingerprint density at radius 2 is 1.94 bits per heavy atom. The fourth-order valence-corrected chi connectivity index (χ4v) is 1.68. The average Bonchev–Trinajstić information content (AvgIpc) is 2.31. The van der Waals surface area contributed by atoms with Crippen LogP contribution in [-0.4, -0.2) is 16.3 Å². The van der Waals surface area contributed by atoms with Crippen LogP contribution in [0.4, 0.5) is 0 Å². The molecule has 2 rings (SSSR count). The third-order valence-electron chi connectivity index (χ3n) is 2.21. The van der Waals surface area contributed by atoms with E-state index in [4.69, 9.17) is 0 Å². The van der Waals surface area contributed by atoms with E-state index in [0.717, 1.165) is 21.3 Å². The zero-order chi connectivity index (χ0) is 11.5. The van der Waals surface area contributed by atoms with Gasteiger partial charge in [-0.2, -0.15) is 0 Å². The maximum Gasteiger partial charge on any atom is 0.193 e. The number of hydrogen-bond donors (Lipinski definition) is 0. The number of carbonyl (C=O) groups is 1. The molecule has 0 atom stereocenters. The summed E-state index contributed by atoms with van der Waals surface area (Å²) in [5.41, 5.74) is 2.73. The van der Waals surface area contributed by atoms with Crippen molar-refractivity contribution in [1.29, 1.82) is 0 Å². The Kier molecular flexibility index (Phi) is 3.10. The molecule has 0 aliphatic heterocycles. The summed E-state index contributed by atoms with van der Waals surface area (Å²) in [6.07, 6.45) is 2.32. The van der Waals surface area contributed by atoms with E-state index < -0.39 is 0 Å². The van der Waals surface area contributed by atoms with Crippen LogP contribution in [0.25, 0.3) is 11.3 Å². The van der Waals surface area contributed by atoms with Gasteiger partial charge in [0.15, 0.2) is 12.1 Å². The van der Waals surface area contributed by atoms with Gasteiger partial charge in [0.25, 0.3) is 0 Å². The molecule has 0 saturated heterocycles. The number of hydrogen-bond acceptors (Lipinski definition) is 3. The fourth-order valence-electron chi connectivity index (χ4n) is 1.41. The van der Waals surface area contributed by atoms with Crippen LogP contribution in [0.1, 0.15) is 16.2 Å². The molecular formula is C12H9BrN2O. The molecule has 0 radical (unpaired) electrons. The molecule has 80 valence electrons. The van der Waals surface area contributed by atoms with E-state index in [2.05, 4.69) is 25.9 Å². The summed E-state index contributed by atoms with van der Waals surface area (Å²) in [4.78, 5) is 18.7. The fraction of sp³-hybridized carbons (Fsp3) is 0.0833. The standard InChI is InChI=1S/C12H9BrN2O/c1-8-6-14-11(7-16)15-12(8)9-2-4-10(13)5-3-9/h2-7H,1H3. The summed E-state index contributed by atoms with van der Waals surface area (Å²) < 4.78 is 1.01. The van der Waals surface area contributed by atoms with Crippen LogP contribution in [0.5, 0.6) is 0 Å². The van der Waals surface area contributed by atoms with Gasteiger partial charge >= 0.3 is 0 Å². The maximum atomic E-state index is 10.6. The van der Waals surface area contributed by atoms with Crippen molar-refractivity contribution < 1.29 is 4.79 Å². The zero-order valence-electron chi connectivity index (χ0n) is 8.64. The van der Waals surface area contributed by atoms with Gasteiger partial charge in [-0.05, 0) is 24.6 Å². The SMILES string of the molecule is Cc1cnc(C=O)nc1-c1ccc(Br)cc1. The Bertz CT molecular complexity index is 523. The van der Waals surface area contributed by atoms with Crippen molar-refractivity contribution >= 4 is 22.2 Å². The molecule has 0 unspecified atom stereocenters. The van der Waals surface area contributed by atoms with E-state index in [-0.39, 0.29) is 5.82 Å². The molecule has 0 aliphatic carbocycles. The summed E-state index contributed by atoms with van der Waals surface area (Å²) in [5, 5.41) is 0. The van der Waals surface area contributed by atoms with Crippen molar-refractivity contribution in [3.05, 3.63) is 46.3 Å². The maximum absolute atomic E-state index is 10.6. The van der Waals surface area contributed by atoms with Crippen LogP contribution in [-0.2, 0) is 0 Å². The summed E-state index contributed by atoms with van der Waals surface area (Å²) in [7, 11) is 0. The molecule has 1 aromatic heterocycles. The van der Waals surface area contributed by atoms with Gasteiger partial charge in [0.05, 0.1) is 5.69 Å². The Labute approximate surface area is 102 Å². The first-order valence-corrected chi connectivity index (χ1v) is 5.55. The lowest BCUT2D eigenvalue weighted by Crippen LogP contribution is -1.97. The van der Waals surface area contributed by atoms with E-state index in [1.54, 1.807) is 6.20 Å². The molecule has 0 aliphatic rings. The number of halogens is 1. The second-order valence-corrected chi connectivity index (χ2v) is 4.30. The molecular weight excluding hydrogens is 268 g/mol. The molecule has 16 heavy (non-hydrogen) atoms. The normalized spacial score (nSPS) is 10.1. The molecule has 0 N–H and O–H groups in total. The van der Waals surface area contributed by atoms with E-state index in [0.29, 0.717) is 6.29 Å². The zero-order valence-corrected chi connectivity index (χ0v) is 10.2. The first-order valence-electron chi connectivity index (χ1n) is 4.75. The first-order chi connectivity index (χ1) is 7.70. The van der Waals surface area contributed by atoms with Crippen LogP contribution in [0.3, 0.4) is 0 Å². The predicted molar refractivity (Wildman–Crippen MR) is 65.3 cm³/mol. The number of nitrogens with zero attached hydrogens (tertiary/aromatic N) is 2. The number of carbonyl (C=O) groups excluding carboxylic acids is 1. The lowest BCUT2D eigenvalue weighted by molar-refractivity contribution is 0.111. The van der Waals surface area contributed by atoms with Crippen LogP contribution in [0, 0.1) is 6.92 Å². The number of aldehydes is 1. The Morgan fingerprint density at radius 3 is 2.56 bits per heavy atom. The third kappa shape index (κ3) is 2.17. The second-order valence-electron chi connectivity index (χ2n) is 3.38. The Balaban J connectivity index is 2.54. The molecule has 1 aromatic carbocycles. The Morgan fingerprint density at radius 1 is 1.25 bits per heavy atom. The Hall–Kier alpha value is -1.55. The summed E-state index contributed by atoms with van der Waals surface area (Å²) in [6.45, 7) is 1.92. The number of aromatic nitrogens is 2. The lowest BCUT2D eigenvalue weighted by atomic mass is 10.1. The lowest BCUT2D eigenvalue weighted by Gasteiger charge is -2.04. The highest BCUT2D eigenvalue weighted by molar-refractivity contribution is 9.10. The van der Waals surface area contributed by atoms with Gasteiger partial charge in [0, 0.05) is 16.2 Å². The van der Waals surface area contributed by atoms with Crippen molar-refractivity contribution in [2.24, 2.45) is 0 Å². The van der Waals surface area contributed by atoms with Crippen LogP contribution in [0.2, 0.25) is 0 Å². The minimum absolute atomic E-state index is 0.212. The molecule has 0 bridgehead atoms. The van der Waals surface area contributed by atoms with Gasteiger partial charge < -0.3 is 0 Å². The third-order valence-corrected chi connectivity index (χ3v) is 2.74. The van der Waals surface area contributed by atoms with Crippen LogP contribution in [0.15, 0.2) is 34.9 Å². The molecule has 4 heteroatoms. The monoisotopic (exact) mass is 276 g/mol. The van der Waals surface area contributed by atoms with Gasteiger partial charge in [0.2, 0.25) is 0 Å². The van der Waals surface area contributed by atoms with Crippen molar-refractivity contribution in [2.45, 2.75) is 6.92 Å². The molecule has 0 spiro atoms. The van der Waals surface area contributed by atoms with E-state index in [9.17, 15) is 4.79 Å². The summed E-state index contributed by atoms with van der Waals surface area (Å²) >= 11 is 3.38. The highest BCUT2D eigenvalue weighted by atomic mass is 79.9. The summed E-state index contributed by atoms with van der Waals surface area (Å²) in [6, 6.07) is 7.79. The molecule has 0 saturated carbocycles. The minimum Gasteiger partial charge on any atom is -0.294 e. The van der Waals surface area contributed by atoms with Crippen molar-refractivity contribution in [3.8, 4) is 11.3 Å².